The third-order valence-corrected chi connectivity index (χ3v) is 4.23. The molecule has 8 nitrogen and oxygen atoms in total. The number of carbonyl (C=O) groups excluding carboxylic acids is 1. The molecule has 0 atom stereocenters. The van der Waals surface area contributed by atoms with Gasteiger partial charge in [0.15, 0.2) is 0 Å². The Hall–Kier alpha value is -4.46. The molecular formula is C22H16N4O4. The zero-order valence-electron chi connectivity index (χ0n) is 15.6. The van der Waals surface area contributed by atoms with Crippen LogP contribution in [-0.4, -0.2) is 32.5 Å². The Morgan fingerprint density at radius 2 is 1.60 bits per heavy atom. The van der Waals surface area contributed by atoms with Crippen molar-refractivity contribution in [2.45, 2.75) is 0 Å². The topological polar surface area (TPSA) is 121 Å². The maximum absolute atomic E-state index is 12.2. The van der Waals surface area contributed by atoms with Crippen LogP contribution in [0.2, 0.25) is 0 Å². The summed E-state index contributed by atoms with van der Waals surface area (Å²) in [5.41, 5.74) is 4.66. The van der Waals surface area contributed by atoms with Gasteiger partial charge in [0.25, 0.3) is 11.8 Å². The molecule has 8 heteroatoms. The van der Waals surface area contributed by atoms with Gasteiger partial charge in [0.1, 0.15) is 11.5 Å². The number of aromatic nitrogens is 2. The lowest BCUT2D eigenvalue weighted by Gasteiger charge is -2.01. The SMILES string of the molecule is O=C(N/N=C/c1ccc(O)cc1)c1ccc(-c2nnc(-c3ccccc3O)o2)cc1. The third-order valence-electron chi connectivity index (χ3n) is 4.23. The lowest BCUT2D eigenvalue weighted by Crippen LogP contribution is -2.17. The minimum Gasteiger partial charge on any atom is -0.508 e. The zero-order valence-corrected chi connectivity index (χ0v) is 15.6. The van der Waals surface area contributed by atoms with Crippen molar-refractivity contribution in [3.63, 3.8) is 0 Å². The summed E-state index contributed by atoms with van der Waals surface area (Å²) in [6, 6.07) is 19.7. The van der Waals surface area contributed by atoms with Crippen molar-refractivity contribution in [3.05, 3.63) is 83.9 Å². The Morgan fingerprint density at radius 1 is 0.900 bits per heavy atom. The number of hydrogen-bond donors (Lipinski definition) is 3. The van der Waals surface area contributed by atoms with Crippen LogP contribution in [0.3, 0.4) is 0 Å². The van der Waals surface area contributed by atoms with Crippen LogP contribution in [0.1, 0.15) is 15.9 Å². The quantitative estimate of drug-likeness (QED) is 0.348. The lowest BCUT2D eigenvalue weighted by atomic mass is 10.1. The van der Waals surface area contributed by atoms with Crippen LogP contribution < -0.4 is 5.43 Å². The van der Waals surface area contributed by atoms with Crippen molar-refractivity contribution >= 4 is 12.1 Å². The number of carbonyl (C=O) groups is 1. The predicted molar refractivity (Wildman–Crippen MR) is 110 cm³/mol. The van der Waals surface area contributed by atoms with E-state index in [2.05, 4.69) is 20.7 Å². The summed E-state index contributed by atoms with van der Waals surface area (Å²) in [6.07, 6.45) is 1.48. The van der Waals surface area contributed by atoms with Gasteiger partial charge >= 0.3 is 0 Å². The average molecular weight is 400 g/mol. The molecule has 0 aliphatic rings. The van der Waals surface area contributed by atoms with Gasteiger partial charge in [0, 0.05) is 11.1 Å². The largest absolute Gasteiger partial charge is 0.508 e. The van der Waals surface area contributed by atoms with Gasteiger partial charge in [0.05, 0.1) is 11.8 Å². The number of aromatic hydroxyl groups is 2. The minimum absolute atomic E-state index is 0.0487. The number of phenolic OH excluding ortho intramolecular Hbond substituents is 2. The molecule has 0 spiro atoms. The predicted octanol–water partition coefficient (Wildman–Crippen LogP) is 3.58. The number of benzene rings is 3. The van der Waals surface area contributed by atoms with Gasteiger partial charge in [-0.3, -0.25) is 4.79 Å². The molecule has 3 aromatic carbocycles. The number of rotatable bonds is 5. The number of phenols is 2. The summed E-state index contributed by atoms with van der Waals surface area (Å²) in [6.45, 7) is 0. The van der Waals surface area contributed by atoms with Crippen LogP contribution >= 0.6 is 0 Å². The van der Waals surface area contributed by atoms with Crippen molar-refractivity contribution in [3.8, 4) is 34.4 Å². The van der Waals surface area contributed by atoms with Gasteiger partial charge in [-0.05, 0) is 66.2 Å². The van der Waals surface area contributed by atoms with E-state index >= 15 is 0 Å². The molecule has 0 unspecified atom stereocenters. The molecule has 4 rings (SSSR count). The van der Waals surface area contributed by atoms with Crippen molar-refractivity contribution in [2.75, 3.05) is 0 Å². The molecule has 0 aliphatic carbocycles. The molecule has 0 bridgehead atoms. The van der Waals surface area contributed by atoms with E-state index in [9.17, 15) is 15.0 Å². The van der Waals surface area contributed by atoms with E-state index in [1.165, 1.54) is 24.4 Å². The monoisotopic (exact) mass is 400 g/mol. The summed E-state index contributed by atoms with van der Waals surface area (Å²) in [5, 5.41) is 31.0. The standard InChI is InChI=1S/C22H16N4O4/c27-17-11-5-14(6-12-17)13-23-24-20(29)15-7-9-16(10-8-15)21-25-26-22(30-21)18-3-1-2-4-19(18)28/h1-13,27-28H,(H,24,29)/b23-13+. The van der Waals surface area contributed by atoms with Crippen LogP contribution in [0.4, 0.5) is 0 Å². The van der Waals surface area contributed by atoms with E-state index in [1.54, 1.807) is 54.6 Å². The van der Waals surface area contributed by atoms with Crippen LogP contribution in [0.25, 0.3) is 22.9 Å². The second-order valence-electron chi connectivity index (χ2n) is 6.30. The first kappa shape index (κ1) is 18.9. The first-order chi connectivity index (χ1) is 14.6. The fraction of sp³-hybridized carbons (Fsp3) is 0. The highest BCUT2D eigenvalue weighted by Crippen LogP contribution is 2.29. The highest BCUT2D eigenvalue weighted by molar-refractivity contribution is 5.95. The molecule has 0 saturated heterocycles. The van der Waals surface area contributed by atoms with Crippen molar-refractivity contribution in [1.82, 2.24) is 15.6 Å². The Bertz CT molecular complexity index is 1200. The molecule has 3 N–H and O–H groups in total. The number of amides is 1. The van der Waals surface area contributed by atoms with Gasteiger partial charge in [0.2, 0.25) is 5.89 Å². The molecule has 0 radical (unpaired) electrons. The van der Waals surface area contributed by atoms with Gasteiger partial charge in [-0.2, -0.15) is 5.10 Å². The van der Waals surface area contributed by atoms with Crippen molar-refractivity contribution < 1.29 is 19.4 Å². The Balaban J connectivity index is 1.43. The molecule has 4 aromatic rings. The number of para-hydroxylation sites is 1. The Morgan fingerprint density at radius 3 is 2.33 bits per heavy atom. The molecule has 148 valence electrons. The normalized spacial score (nSPS) is 10.9. The number of hydrogen-bond acceptors (Lipinski definition) is 7. The molecule has 0 fully saturated rings. The van der Waals surface area contributed by atoms with Gasteiger partial charge in [-0.15, -0.1) is 10.2 Å². The van der Waals surface area contributed by atoms with E-state index in [0.29, 0.717) is 16.7 Å². The molecule has 30 heavy (non-hydrogen) atoms. The first-order valence-corrected chi connectivity index (χ1v) is 8.95. The molecule has 1 aromatic heterocycles. The van der Waals surface area contributed by atoms with Crippen molar-refractivity contribution in [1.29, 1.82) is 0 Å². The Kier molecular flexibility index (Phi) is 5.21. The average Bonchev–Trinajstić information content (AvgIpc) is 3.25. The van der Waals surface area contributed by atoms with Gasteiger partial charge < -0.3 is 14.6 Å². The lowest BCUT2D eigenvalue weighted by molar-refractivity contribution is 0.0955. The zero-order chi connectivity index (χ0) is 20.9. The second-order valence-corrected chi connectivity index (χ2v) is 6.30. The highest BCUT2D eigenvalue weighted by atomic mass is 16.4. The van der Waals surface area contributed by atoms with Gasteiger partial charge in [-0.25, -0.2) is 5.43 Å². The minimum atomic E-state index is -0.378. The van der Waals surface area contributed by atoms with E-state index in [4.69, 9.17) is 4.42 Å². The fourth-order valence-corrected chi connectivity index (χ4v) is 2.66. The van der Waals surface area contributed by atoms with Crippen molar-refractivity contribution in [2.24, 2.45) is 5.10 Å². The van der Waals surface area contributed by atoms with Gasteiger partial charge in [-0.1, -0.05) is 12.1 Å². The summed E-state index contributed by atoms with van der Waals surface area (Å²) in [7, 11) is 0. The number of nitrogens with zero attached hydrogens (tertiary/aromatic N) is 3. The number of nitrogens with one attached hydrogen (secondary N) is 1. The Labute approximate surface area is 171 Å². The molecule has 0 aliphatic heterocycles. The van der Waals surface area contributed by atoms with E-state index in [1.807, 2.05) is 0 Å². The molecular weight excluding hydrogens is 384 g/mol. The van der Waals surface area contributed by atoms with Crippen LogP contribution in [0.5, 0.6) is 11.5 Å². The van der Waals surface area contributed by atoms with E-state index < -0.39 is 0 Å². The molecule has 1 amide bonds. The third kappa shape index (κ3) is 4.17. The highest BCUT2D eigenvalue weighted by Gasteiger charge is 2.14. The number of hydrazone groups is 1. The van der Waals surface area contributed by atoms with Crippen LogP contribution in [0.15, 0.2) is 82.3 Å². The summed E-state index contributed by atoms with van der Waals surface area (Å²) in [5.74, 6) is 0.300. The van der Waals surface area contributed by atoms with Crippen LogP contribution in [-0.2, 0) is 0 Å². The summed E-state index contributed by atoms with van der Waals surface area (Å²) < 4.78 is 5.64. The maximum atomic E-state index is 12.2. The smallest absolute Gasteiger partial charge is 0.271 e. The fourth-order valence-electron chi connectivity index (χ4n) is 2.66. The summed E-state index contributed by atoms with van der Waals surface area (Å²) in [4.78, 5) is 12.2. The van der Waals surface area contributed by atoms with E-state index in [-0.39, 0.29) is 29.2 Å². The second kappa shape index (κ2) is 8.27. The summed E-state index contributed by atoms with van der Waals surface area (Å²) >= 11 is 0. The van der Waals surface area contributed by atoms with E-state index in [0.717, 1.165) is 5.56 Å². The maximum Gasteiger partial charge on any atom is 0.271 e. The van der Waals surface area contributed by atoms with Crippen LogP contribution in [0, 0.1) is 0 Å². The molecule has 1 heterocycles. The first-order valence-electron chi connectivity index (χ1n) is 8.95. The molecule has 0 saturated carbocycles.